The van der Waals surface area contributed by atoms with E-state index in [-0.39, 0.29) is 45.6 Å². The molecular weight excluding hydrogens is 563 g/mol. The van der Waals surface area contributed by atoms with Crippen molar-refractivity contribution in [2.24, 2.45) is 0 Å². The molecule has 2 saturated heterocycles. The van der Waals surface area contributed by atoms with Crippen molar-refractivity contribution in [3.63, 3.8) is 0 Å². The summed E-state index contributed by atoms with van der Waals surface area (Å²) in [5, 5.41) is 12.1. The van der Waals surface area contributed by atoms with Crippen LogP contribution in [-0.2, 0) is 11.0 Å². The van der Waals surface area contributed by atoms with Crippen molar-refractivity contribution in [3.05, 3.63) is 59.3 Å². The van der Waals surface area contributed by atoms with Gasteiger partial charge in [-0.2, -0.15) is 18.3 Å². The van der Waals surface area contributed by atoms with E-state index in [1.807, 2.05) is 5.10 Å². The fourth-order valence-electron chi connectivity index (χ4n) is 5.22. The normalized spacial score (nSPS) is 17.8. The number of aromatic amines is 1. The van der Waals surface area contributed by atoms with Crippen LogP contribution in [0.5, 0.6) is 0 Å². The van der Waals surface area contributed by atoms with E-state index >= 15 is 0 Å². The van der Waals surface area contributed by atoms with Crippen LogP contribution in [0.15, 0.2) is 43.0 Å². The van der Waals surface area contributed by atoms with Crippen molar-refractivity contribution >= 4 is 40.6 Å². The van der Waals surface area contributed by atoms with E-state index in [4.69, 9.17) is 11.6 Å². The molecule has 15 heteroatoms. The van der Waals surface area contributed by atoms with Gasteiger partial charge < -0.3 is 20.4 Å². The van der Waals surface area contributed by atoms with Crippen LogP contribution < -0.4 is 10.6 Å². The summed E-state index contributed by atoms with van der Waals surface area (Å²) in [5.74, 6) is 0.136. The van der Waals surface area contributed by atoms with Gasteiger partial charge in [-0.25, -0.2) is 9.97 Å². The number of carbonyl (C=O) groups excluding carboxylic acids is 2. The minimum Gasteiger partial charge on any atom is -0.338 e. The van der Waals surface area contributed by atoms with Gasteiger partial charge in [-0.15, -0.1) is 0 Å². The number of nitrogens with zero attached hydrogens (tertiary/aromatic N) is 6. The first-order valence-electron chi connectivity index (χ1n) is 13.0. The number of piperazine rings is 1. The van der Waals surface area contributed by atoms with Gasteiger partial charge in [0.1, 0.15) is 5.69 Å². The van der Waals surface area contributed by atoms with Crippen LogP contribution in [0.4, 0.5) is 24.7 Å². The molecule has 2 fully saturated rings. The molecule has 6 rings (SSSR count). The average Bonchev–Trinajstić information content (AvgIpc) is 3.73. The Bertz CT molecular complexity index is 1610. The molecule has 11 nitrogen and oxygen atoms in total. The zero-order valence-electron chi connectivity index (χ0n) is 21.6. The van der Waals surface area contributed by atoms with Gasteiger partial charge in [0, 0.05) is 44.3 Å². The molecule has 0 spiro atoms. The van der Waals surface area contributed by atoms with Gasteiger partial charge in [0.2, 0.25) is 5.91 Å². The molecule has 0 aliphatic carbocycles. The van der Waals surface area contributed by atoms with Crippen molar-refractivity contribution in [2.45, 2.75) is 25.1 Å². The molecular formula is C26H25ClF3N9O2. The van der Waals surface area contributed by atoms with Gasteiger partial charge >= 0.3 is 6.18 Å². The topological polar surface area (TPSA) is 124 Å². The molecule has 3 aromatic heterocycles. The minimum absolute atomic E-state index is 0.0850. The Morgan fingerprint density at radius 2 is 1.85 bits per heavy atom. The summed E-state index contributed by atoms with van der Waals surface area (Å²) in [6.45, 7) is 2.60. The lowest BCUT2D eigenvalue weighted by molar-refractivity contribution is -0.140. The lowest BCUT2D eigenvalue weighted by atomic mass is 10.1. The number of benzene rings is 1. The third-order valence-electron chi connectivity index (χ3n) is 7.33. The first kappa shape index (κ1) is 27.0. The molecule has 0 saturated carbocycles. The van der Waals surface area contributed by atoms with Crippen LogP contribution >= 0.6 is 11.6 Å². The predicted octanol–water partition coefficient (Wildman–Crippen LogP) is 3.57. The first-order valence-corrected chi connectivity index (χ1v) is 13.4. The largest absolute Gasteiger partial charge is 0.433 e. The summed E-state index contributed by atoms with van der Waals surface area (Å²) in [4.78, 5) is 37.9. The molecule has 2 aliphatic heterocycles. The Morgan fingerprint density at radius 1 is 1.07 bits per heavy atom. The number of anilines is 2. The van der Waals surface area contributed by atoms with E-state index in [2.05, 4.69) is 25.7 Å². The van der Waals surface area contributed by atoms with Crippen molar-refractivity contribution < 1.29 is 22.8 Å². The standard InChI is InChI=1S/C26H25ClF3N9O2/c27-18-12-15(3-4-16(18)24(40)37-8-10-38(11-9-37)25(41)19-2-1-5-31-19)35-22-23-33-14-20(39(23)7-6-32-22)17-13-34-36-21(17)26(28,29)30/h3-4,6-7,12-14,19,31H,1-2,5,8-11H2,(H,32,35)(H,34,36)/t19-/m0/s1. The number of nitrogens with one attached hydrogen (secondary N) is 3. The zero-order valence-corrected chi connectivity index (χ0v) is 22.3. The third kappa shape index (κ3) is 5.20. The molecule has 41 heavy (non-hydrogen) atoms. The molecule has 0 bridgehead atoms. The number of alkyl halides is 3. The van der Waals surface area contributed by atoms with Crippen LogP contribution in [-0.4, -0.2) is 84.9 Å². The average molecular weight is 588 g/mol. The Kier molecular flexibility index (Phi) is 7.03. The highest BCUT2D eigenvalue weighted by molar-refractivity contribution is 6.34. The molecule has 2 amide bonds. The van der Waals surface area contributed by atoms with E-state index in [1.165, 1.54) is 23.0 Å². The number of carbonyl (C=O) groups is 2. The highest BCUT2D eigenvalue weighted by Crippen LogP contribution is 2.36. The third-order valence-corrected chi connectivity index (χ3v) is 7.64. The number of halogens is 4. The highest BCUT2D eigenvalue weighted by atomic mass is 35.5. The fourth-order valence-corrected chi connectivity index (χ4v) is 5.48. The van der Waals surface area contributed by atoms with Crippen molar-refractivity contribution in [2.75, 3.05) is 38.0 Å². The lowest BCUT2D eigenvalue weighted by Crippen LogP contribution is -2.54. The molecule has 3 N–H and O–H groups in total. The fraction of sp³-hybridized carbons (Fsp3) is 0.346. The zero-order chi connectivity index (χ0) is 28.7. The maximum absolute atomic E-state index is 13.4. The van der Waals surface area contributed by atoms with Crippen LogP contribution in [0.2, 0.25) is 5.02 Å². The summed E-state index contributed by atoms with van der Waals surface area (Å²) in [7, 11) is 0. The SMILES string of the molecule is O=C(c1ccc(Nc2nccn3c(-c4cn[nH]c4C(F)(F)F)cnc23)cc1Cl)N1CCN(C(=O)[C@@H]2CCCN2)CC1. The number of imidazole rings is 1. The Hall–Kier alpha value is -4.17. The van der Waals surface area contributed by atoms with Gasteiger partial charge in [-0.1, -0.05) is 11.6 Å². The molecule has 0 unspecified atom stereocenters. The highest BCUT2D eigenvalue weighted by Gasteiger charge is 2.37. The number of aromatic nitrogens is 5. The van der Waals surface area contributed by atoms with Gasteiger partial charge in [-0.05, 0) is 37.6 Å². The van der Waals surface area contributed by atoms with Crippen LogP contribution in [0, 0.1) is 0 Å². The van der Waals surface area contributed by atoms with E-state index in [9.17, 15) is 22.8 Å². The number of hydrogen-bond acceptors (Lipinski definition) is 7. The molecule has 1 aromatic carbocycles. The van der Waals surface area contributed by atoms with Gasteiger partial charge in [-0.3, -0.25) is 19.1 Å². The molecule has 0 radical (unpaired) electrons. The molecule has 5 heterocycles. The minimum atomic E-state index is -4.61. The monoisotopic (exact) mass is 587 g/mol. The molecule has 1 atom stereocenters. The van der Waals surface area contributed by atoms with E-state index in [0.717, 1.165) is 25.6 Å². The van der Waals surface area contributed by atoms with Crippen molar-refractivity contribution in [1.29, 1.82) is 0 Å². The number of rotatable bonds is 5. The summed E-state index contributed by atoms with van der Waals surface area (Å²) in [6, 6.07) is 4.71. The van der Waals surface area contributed by atoms with E-state index in [0.29, 0.717) is 37.4 Å². The van der Waals surface area contributed by atoms with E-state index in [1.54, 1.807) is 28.0 Å². The van der Waals surface area contributed by atoms with Crippen molar-refractivity contribution in [3.8, 4) is 11.3 Å². The second-order valence-electron chi connectivity index (χ2n) is 9.86. The smallest absolute Gasteiger partial charge is 0.338 e. The number of hydrogen-bond donors (Lipinski definition) is 3. The first-order chi connectivity index (χ1) is 19.7. The van der Waals surface area contributed by atoms with Gasteiger partial charge in [0.25, 0.3) is 5.91 Å². The van der Waals surface area contributed by atoms with Crippen molar-refractivity contribution in [1.82, 2.24) is 39.7 Å². The molecule has 214 valence electrons. The van der Waals surface area contributed by atoms with Crippen LogP contribution in [0.3, 0.4) is 0 Å². The van der Waals surface area contributed by atoms with Crippen LogP contribution in [0.1, 0.15) is 28.9 Å². The Morgan fingerprint density at radius 3 is 2.56 bits per heavy atom. The van der Waals surface area contributed by atoms with Gasteiger partial charge in [0.05, 0.1) is 40.3 Å². The van der Waals surface area contributed by atoms with Gasteiger partial charge in [0.15, 0.2) is 11.5 Å². The number of amides is 2. The maximum atomic E-state index is 13.4. The summed E-state index contributed by atoms with van der Waals surface area (Å²) in [6.07, 6.45) is 2.55. The second-order valence-corrected chi connectivity index (χ2v) is 10.3. The quantitative estimate of drug-likeness (QED) is 0.326. The predicted molar refractivity (Wildman–Crippen MR) is 144 cm³/mol. The Balaban J connectivity index is 1.16. The number of H-pyrrole nitrogens is 1. The lowest BCUT2D eigenvalue weighted by Gasteiger charge is -2.36. The molecule has 4 aromatic rings. The van der Waals surface area contributed by atoms with E-state index < -0.39 is 11.9 Å². The Labute approximate surface area is 236 Å². The second kappa shape index (κ2) is 10.7. The number of fused-ring (bicyclic) bond motifs is 1. The summed E-state index contributed by atoms with van der Waals surface area (Å²) < 4.78 is 41.7. The van der Waals surface area contributed by atoms with Crippen LogP contribution in [0.25, 0.3) is 16.9 Å². The maximum Gasteiger partial charge on any atom is 0.433 e. The summed E-state index contributed by atoms with van der Waals surface area (Å²) in [5.41, 5.74) is 0.184. The molecule has 2 aliphatic rings. The summed E-state index contributed by atoms with van der Waals surface area (Å²) >= 11 is 6.51.